The van der Waals surface area contributed by atoms with Crippen LogP contribution in [0.15, 0.2) is 134 Å². The molecule has 4 heterocycles. The minimum atomic E-state index is 0.919. The molecule has 4 aromatic heterocycles. The molecule has 0 spiro atoms. The molecule has 38 heavy (non-hydrogen) atoms. The van der Waals surface area contributed by atoms with E-state index >= 15 is 0 Å². The molecule has 3 aromatic carbocycles. The van der Waals surface area contributed by atoms with Gasteiger partial charge in [0.05, 0.1) is 22.8 Å². The van der Waals surface area contributed by atoms with Gasteiger partial charge in [0.25, 0.3) is 0 Å². The van der Waals surface area contributed by atoms with Crippen molar-refractivity contribution in [2.24, 2.45) is 0 Å². The highest BCUT2D eigenvalue weighted by Crippen LogP contribution is 2.31. The normalized spacial score (nSPS) is 11.2. The van der Waals surface area contributed by atoms with Gasteiger partial charge < -0.3 is 0 Å². The maximum Gasteiger partial charge on any atom is 0.0725 e. The highest BCUT2D eigenvalue weighted by molar-refractivity contribution is 6.01. The first-order valence-electron chi connectivity index (χ1n) is 12.5. The summed E-state index contributed by atoms with van der Waals surface area (Å²) < 4.78 is 0. The molecule has 4 heteroatoms. The average Bonchev–Trinajstić information content (AvgIpc) is 3.00. The first kappa shape index (κ1) is 22.0. The zero-order valence-corrected chi connectivity index (χ0v) is 20.5. The third-order valence-corrected chi connectivity index (χ3v) is 6.80. The van der Waals surface area contributed by atoms with E-state index in [4.69, 9.17) is 9.97 Å². The van der Waals surface area contributed by atoms with Crippen LogP contribution in [0.3, 0.4) is 0 Å². The van der Waals surface area contributed by atoms with E-state index in [0.29, 0.717) is 0 Å². The lowest BCUT2D eigenvalue weighted by Gasteiger charge is -2.09. The molecule has 0 aliphatic rings. The second-order valence-electron chi connectivity index (χ2n) is 9.28. The van der Waals surface area contributed by atoms with E-state index in [0.717, 1.165) is 45.0 Å². The Hall–Kier alpha value is -5.22. The Kier molecular flexibility index (Phi) is 5.41. The SMILES string of the molecule is c1cncc(-c2cccc(-c3ccc4cc5cc(-c6cccc(-c7cccnc7)n6)ccc5cc4c3)n2)c1. The second kappa shape index (κ2) is 9.34. The Morgan fingerprint density at radius 1 is 0.342 bits per heavy atom. The number of hydrogen-bond acceptors (Lipinski definition) is 4. The van der Waals surface area contributed by atoms with Crippen LogP contribution in [0.5, 0.6) is 0 Å². The van der Waals surface area contributed by atoms with Crippen LogP contribution < -0.4 is 0 Å². The first-order chi connectivity index (χ1) is 18.8. The number of benzene rings is 3. The van der Waals surface area contributed by atoms with Gasteiger partial charge in [0.15, 0.2) is 0 Å². The highest BCUT2D eigenvalue weighted by Gasteiger charge is 2.08. The molecule has 0 bridgehead atoms. The lowest BCUT2D eigenvalue weighted by Crippen LogP contribution is -1.89. The lowest BCUT2D eigenvalue weighted by atomic mass is 9.98. The van der Waals surface area contributed by atoms with E-state index in [1.807, 2.05) is 60.9 Å². The average molecular weight is 487 g/mol. The van der Waals surface area contributed by atoms with Crippen LogP contribution in [0, 0.1) is 0 Å². The smallest absolute Gasteiger partial charge is 0.0725 e. The van der Waals surface area contributed by atoms with Crippen LogP contribution >= 0.6 is 0 Å². The Labute approximate surface area is 220 Å². The van der Waals surface area contributed by atoms with E-state index in [-0.39, 0.29) is 0 Å². The molecule has 4 nitrogen and oxygen atoms in total. The Balaban J connectivity index is 1.25. The van der Waals surface area contributed by atoms with Crippen LogP contribution in [0.1, 0.15) is 0 Å². The van der Waals surface area contributed by atoms with Crippen LogP contribution in [0.4, 0.5) is 0 Å². The fourth-order valence-electron chi connectivity index (χ4n) is 4.86. The molecule has 0 saturated carbocycles. The zero-order valence-electron chi connectivity index (χ0n) is 20.5. The maximum absolute atomic E-state index is 4.91. The lowest BCUT2D eigenvalue weighted by molar-refractivity contribution is 1.28. The molecule has 0 aliphatic carbocycles. The molecule has 7 aromatic rings. The molecule has 0 fully saturated rings. The third kappa shape index (κ3) is 4.18. The van der Waals surface area contributed by atoms with Gasteiger partial charge in [-0.2, -0.15) is 0 Å². The van der Waals surface area contributed by atoms with E-state index in [9.17, 15) is 0 Å². The van der Waals surface area contributed by atoms with Crippen molar-refractivity contribution in [3.05, 3.63) is 134 Å². The van der Waals surface area contributed by atoms with Crippen molar-refractivity contribution >= 4 is 21.5 Å². The minimum Gasteiger partial charge on any atom is -0.264 e. The highest BCUT2D eigenvalue weighted by atomic mass is 14.7. The molecular weight excluding hydrogens is 464 g/mol. The van der Waals surface area contributed by atoms with Gasteiger partial charge in [-0.15, -0.1) is 0 Å². The van der Waals surface area contributed by atoms with Crippen molar-refractivity contribution in [1.82, 2.24) is 19.9 Å². The third-order valence-electron chi connectivity index (χ3n) is 6.80. The number of hydrogen-bond donors (Lipinski definition) is 0. The topological polar surface area (TPSA) is 51.6 Å². The molecule has 0 unspecified atom stereocenters. The number of fused-ring (bicyclic) bond motifs is 2. The van der Waals surface area contributed by atoms with Gasteiger partial charge in [-0.05, 0) is 94.3 Å². The minimum absolute atomic E-state index is 0.919. The van der Waals surface area contributed by atoms with Crippen LogP contribution in [0.25, 0.3) is 66.6 Å². The molecule has 0 amide bonds. The summed E-state index contributed by atoms with van der Waals surface area (Å²) in [4.78, 5) is 18.3. The second-order valence-corrected chi connectivity index (χ2v) is 9.28. The maximum atomic E-state index is 4.91. The van der Waals surface area contributed by atoms with Crippen molar-refractivity contribution < 1.29 is 0 Å². The van der Waals surface area contributed by atoms with Gasteiger partial charge in [-0.3, -0.25) is 9.97 Å². The fraction of sp³-hybridized carbons (Fsp3) is 0. The van der Waals surface area contributed by atoms with Gasteiger partial charge in [-0.1, -0.05) is 36.4 Å². The molecule has 0 saturated heterocycles. The van der Waals surface area contributed by atoms with E-state index in [1.165, 1.54) is 21.5 Å². The summed E-state index contributed by atoms with van der Waals surface area (Å²) in [5, 5.41) is 4.76. The standard InChI is InChI=1S/C34H22N4/c1-7-31(37-33(9-1)27-5-3-15-35-21-27)25-13-11-23-18-30-20-26(14-12-24(30)17-29(23)19-25)32-8-2-10-34(38-32)28-6-4-16-36-22-28/h1-22H. The molecular formula is C34H22N4. The van der Waals surface area contributed by atoms with Gasteiger partial charge in [-0.25, -0.2) is 9.97 Å². The predicted octanol–water partition coefficient (Wildman–Crippen LogP) is 8.24. The van der Waals surface area contributed by atoms with Crippen molar-refractivity contribution in [3.63, 3.8) is 0 Å². The summed E-state index contributed by atoms with van der Waals surface area (Å²) in [5.41, 5.74) is 7.94. The Bertz CT molecular complexity index is 1770. The monoisotopic (exact) mass is 486 g/mol. The quantitative estimate of drug-likeness (QED) is 0.235. The summed E-state index contributed by atoms with van der Waals surface area (Å²) in [6, 6.07) is 37.8. The van der Waals surface area contributed by atoms with Crippen molar-refractivity contribution in [2.75, 3.05) is 0 Å². The summed E-state index contributed by atoms with van der Waals surface area (Å²) in [6.45, 7) is 0. The molecule has 0 radical (unpaired) electrons. The summed E-state index contributed by atoms with van der Waals surface area (Å²) in [6.07, 6.45) is 7.25. The summed E-state index contributed by atoms with van der Waals surface area (Å²) in [7, 11) is 0. The van der Waals surface area contributed by atoms with Gasteiger partial charge in [0, 0.05) is 47.0 Å². The summed E-state index contributed by atoms with van der Waals surface area (Å²) >= 11 is 0. The van der Waals surface area contributed by atoms with Crippen molar-refractivity contribution in [3.8, 4) is 45.0 Å². The zero-order chi connectivity index (χ0) is 25.3. The van der Waals surface area contributed by atoms with E-state index < -0.39 is 0 Å². The molecule has 178 valence electrons. The van der Waals surface area contributed by atoms with Crippen molar-refractivity contribution in [1.29, 1.82) is 0 Å². The molecule has 0 atom stereocenters. The predicted molar refractivity (Wildman–Crippen MR) is 154 cm³/mol. The number of nitrogens with zero attached hydrogens (tertiary/aromatic N) is 4. The molecule has 7 rings (SSSR count). The van der Waals surface area contributed by atoms with E-state index in [2.05, 4.69) is 70.6 Å². The molecule has 0 aliphatic heterocycles. The van der Waals surface area contributed by atoms with Crippen LogP contribution in [0.2, 0.25) is 0 Å². The van der Waals surface area contributed by atoms with Gasteiger partial charge >= 0.3 is 0 Å². The first-order valence-corrected chi connectivity index (χ1v) is 12.5. The summed E-state index contributed by atoms with van der Waals surface area (Å²) in [5.74, 6) is 0. The fourth-order valence-corrected chi connectivity index (χ4v) is 4.86. The van der Waals surface area contributed by atoms with E-state index in [1.54, 1.807) is 12.4 Å². The number of pyridine rings is 4. The van der Waals surface area contributed by atoms with Crippen LogP contribution in [-0.2, 0) is 0 Å². The Morgan fingerprint density at radius 2 is 0.789 bits per heavy atom. The van der Waals surface area contributed by atoms with Gasteiger partial charge in [0.1, 0.15) is 0 Å². The number of aromatic nitrogens is 4. The largest absolute Gasteiger partial charge is 0.264 e. The van der Waals surface area contributed by atoms with Gasteiger partial charge in [0.2, 0.25) is 0 Å². The Morgan fingerprint density at radius 3 is 1.21 bits per heavy atom. The van der Waals surface area contributed by atoms with Crippen molar-refractivity contribution in [2.45, 2.75) is 0 Å². The molecule has 0 N–H and O–H groups in total. The van der Waals surface area contributed by atoms with Crippen LogP contribution in [-0.4, -0.2) is 19.9 Å². The number of rotatable bonds is 4.